The fourth-order valence-corrected chi connectivity index (χ4v) is 4.26. The Labute approximate surface area is 181 Å². The smallest absolute Gasteiger partial charge is 0.274 e. The normalized spacial score (nSPS) is 10.9. The van der Waals surface area contributed by atoms with Crippen LogP contribution in [0.5, 0.6) is 0 Å². The number of thiophene rings is 2. The lowest BCUT2D eigenvalue weighted by atomic mass is 10.3. The molecule has 4 rings (SSSR count). The monoisotopic (exact) mass is 440 g/mol. The van der Waals surface area contributed by atoms with Gasteiger partial charge < -0.3 is 9.80 Å². The molecule has 0 spiro atoms. The number of aromatic nitrogens is 4. The largest absolute Gasteiger partial charge is 0.339 e. The van der Waals surface area contributed by atoms with Crippen LogP contribution >= 0.6 is 22.7 Å². The highest BCUT2D eigenvalue weighted by Gasteiger charge is 2.20. The standard InChI is InChI=1S/C20H20N6O2S2/c1-25(19(27)15-11-13(21-23-15)17-5-3-9-29-17)7-8-26(2)20(28)16-12-14(22-24-16)18-6-4-10-30-18/h3-6,9-12H,7-8H2,1-2H3,(H,21,23)(H,22,24). The van der Waals surface area contributed by atoms with Crippen molar-refractivity contribution in [2.45, 2.75) is 0 Å². The third kappa shape index (κ3) is 4.19. The summed E-state index contributed by atoms with van der Waals surface area (Å²) in [6.07, 6.45) is 0. The molecule has 4 heterocycles. The number of amides is 2. The van der Waals surface area contributed by atoms with Crippen molar-refractivity contribution >= 4 is 34.5 Å². The Bertz CT molecular complexity index is 1040. The first-order valence-corrected chi connectivity index (χ1v) is 11.0. The minimum atomic E-state index is -0.199. The number of nitrogens with one attached hydrogen (secondary N) is 2. The summed E-state index contributed by atoms with van der Waals surface area (Å²) >= 11 is 3.15. The second-order valence-corrected chi connectivity index (χ2v) is 8.64. The number of aromatic amines is 2. The topological polar surface area (TPSA) is 98.0 Å². The number of hydrogen-bond donors (Lipinski definition) is 2. The number of hydrogen-bond acceptors (Lipinski definition) is 6. The van der Waals surface area contributed by atoms with Gasteiger partial charge in [0.15, 0.2) is 11.4 Å². The molecule has 154 valence electrons. The predicted octanol–water partition coefficient (Wildman–Crippen LogP) is 3.43. The second-order valence-electron chi connectivity index (χ2n) is 6.74. The minimum absolute atomic E-state index is 0.199. The van der Waals surface area contributed by atoms with Gasteiger partial charge in [-0.15, -0.1) is 22.7 Å². The molecule has 4 aromatic rings. The van der Waals surface area contributed by atoms with E-state index >= 15 is 0 Å². The number of nitrogens with zero attached hydrogens (tertiary/aromatic N) is 4. The van der Waals surface area contributed by atoms with E-state index in [2.05, 4.69) is 20.4 Å². The molecular weight excluding hydrogens is 420 g/mol. The van der Waals surface area contributed by atoms with E-state index < -0.39 is 0 Å². The molecule has 0 saturated carbocycles. The van der Waals surface area contributed by atoms with Gasteiger partial charge in [-0.2, -0.15) is 10.2 Å². The molecule has 4 aromatic heterocycles. The second kappa shape index (κ2) is 8.64. The van der Waals surface area contributed by atoms with Crippen LogP contribution in [0.15, 0.2) is 47.2 Å². The average Bonchev–Trinajstić information content (AvgIpc) is 3.56. The van der Waals surface area contributed by atoms with Gasteiger partial charge in [-0.05, 0) is 35.0 Å². The molecule has 0 aliphatic carbocycles. The maximum absolute atomic E-state index is 12.6. The molecular formula is C20H20N6O2S2. The first-order chi connectivity index (χ1) is 14.5. The Morgan fingerprint density at radius 2 is 1.27 bits per heavy atom. The number of likely N-dealkylation sites (N-methyl/N-ethyl adjacent to an activating group) is 2. The maximum Gasteiger partial charge on any atom is 0.274 e. The predicted molar refractivity (Wildman–Crippen MR) is 118 cm³/mol. The highest BCUT2D eigenvalue weighted by Crippen LogP contribution is 2.24. The summed E-state index contributed by atoms with van der Waals surface area (Å²) in [4.78, 5) is 30.4. The molecule has 10 heteroatoms. The zero-order valence-electron chi connectivity index (χ0n) is 16.5. The summed E-state index contributed by atoms with van der Waals surface area (Å²) in [7, 11) is 3.40. The Morgan fingerprint density at radius 3 is 1.63 bits per heavy atom. The van der Waals surface area contributed by atoms with E-state index in [0.29, 0.717) is 24.5 Å². The van der Waals surface area contributed by atoms with Gasteiger partial charge in [-0.25, -0.2) is 0 Å². The van der Waals surface area contributed by atoms with Crippen molar-refractivity contribution in [3.8, 4) is 21.1 Å². The molecule has 8 nitrogen and oxygen atoms in total. The molecule has 2 amide bonds. The van der Waals surface area contributed by atoms with Crippen molar-refractivity contribution in [3.63, 3.8) is 0 Å². The lowest BCUT2D eigenvalue weighted by molar-refractivity contribution is 0.0713. The molecule has 0 aromatic carbocycles. The molecule has 2 N–H and O–H groups in total. The van der Waals surface area contributed by atoms with Crippen molar-refractivity contribution in [2.24, 2.45) is 0 Å². The molecule has 0 aliphatic heterocycles. The van der Waals surface area contributed by atoms with Crippen molar-refractivity contribution in [1.82, 2.24) is 30.2 Å². The molecule has 0 fully saturated rings. The Hall–Kier alpha value is -3.24. The molecule has 0 bridgehead atoms. The summed E-state index contributed by atoms with van der Waals surface area (Å²) in [6, 6.07) is 11.3. The Morgan fingerprint density at radius 1 is 0.833 bits per heavy atom. The van der Waals surface area contributed by atoms with Crippen LogP contribution in [0.4, 0.5) is 0 Å². The first-order valence-electron chi connectivity index (χ1n) is 9.22. The summed E-state index contributed by atoms with van der Waals surface area (Å²) < 4.78 is 0. The zero-order chi connectivity index (χ0) is 21.1. The fourth-order valence-electron chi connectivity index (χ4n) is 2.87. The average molecular weight is 441 g/mol. The van der Waals surface area contributed by atoms with Gasteiger partial charge in [0.1, 0.15) is 0 Å². The van der Waals surface area contributed by atoms with E-state index in [9.17, 15) is 9.59 Å². The highest BCUT2D eigenvalue weighted by molar-refractivity contribution is 7.13. The van der Waals surface area contributed by atoms with Gasteiger partial charge >= 0.3 is 0 Å². The van der Waals surface area contributed by atoms with E-state index in [-0.39, 0.29) is 11.8 Å². The first kappa shape index (κ1) is 20.0. The van der Waals surface area contributed by atoms with Gasteiger partial charge in [0.2, 0.25) is 0 Å². The molecule has 30 heavy (non-hydrogen) atoms. The molecule has 0 unspecified atom stereocenters. The highest BCUT2D eigenvalue weighted by atomic mass is 32.1. The van der Waals surface area contributed by atoms with Crippen molar-refractivity contribution < 1.29 is 9.59 Å². The third-order valence-electron chi connectivity index (χ3n) is 4.63. The summed E-state index contributed by atoms with van der Waals surface area (Å²) in [5.41, 5.74) is 2.33. The Kier molecular flexibility index (Phi) is 5.77. The third-order valence-corrected chi connectivity index (χ3v) is 6.44. The number of H-pyrrole nitrogens is 2. The lowest BCUT2D eigenvalue weighted by Gasteiger charge is -2.21. The molecule has 0 saturated heterocycles. The maximum atomic E-state index is 12.6. The van der Waals surface area contributed by atoms with Gasteiger partial charge in [0, 0.05) is 27.2 Å². The van der Waals surface area contributed by atoms with Crippen LogP contribution in [-0.2, 0) is 0 Å². The van der Waals surface area contributed by atoms with Crippen LogP contribution in [0.1, 0.15) is 21.0 Å². The lowest BCUT2D eigenvalue weighted by Crippen LogP contribution is -2.37. The van der Waals surface area contributed by atoms with Crippen LogP contribution < -0.4 is 0 Å². The minimum Gasteiger partial charge on any atom is -0.339 e. The van der Waals surface area contributed by atoms with E-state index in [1.807, 2.05) is 35.0 Å². The number of carbonyl (C=O) groups excluding carboxylic acids is 2. The zero-order valence-corrected chi connectivity index (χ0v) is 18.1. The van der Waals surface area contributed by atoms with E-state index in [1.54, 1.807) is 58.7 Å². The molecule has 0 atom stereocenters. The van der Waals surface area contributed by atoms with Gasteiger partial charge in [0.05, 0.1) is 21.1 Å². The van der Waals surface area contributed by atoms with Crippen LogP contribution in [0.3, 0.4) is 0 Å². The fraction of sp³-hybridized carbons (Fsp3) is 0.200. The van der Waals surface area contributed by atoms with E-state index in [0.717, 1.165) is 21.1 Å². The SMILES string of the molecule is CN(CCN(C)C(=O)c1cc(-c2cccs2)[nH]n1)C(=O)c1cc(-c2cccs2)[nH]n1. The summed E-state index contributed by atoms with van der Waals surface area (Å²) in [5.74, 6) is -0.399. The quantitative estimate of drug-likeness (QED) is 0.460. The van der Waals surface area contributed by atoms with Gasteiger partial charge in [0.25, 0.3) is 11.8 Å². The summed E-state index contributed by atoms with van der Waals surface area (Å²) in [6.45, 7) is 0.759. The van der Waals surface area contributed by atoms with Crippen LogP contribution in [0, 0.1) is 0 Å². The van der Waals surface area contributed by atoms with Crippen molar-refractivity contribution in [3.05, 3.63) is 58.5 Å². The van der Waals surface area contributed by atoms with Crippen LogP contribution in [0.2, 0.25) is 0 Å². The van der Waals surface area contributed by atoms with Crippen molar-refractivity contribution in [2.75, 3.05) is 27.2 Å². The number of carbonyl (C=O) groups is 2. The molecule has 0 radical (unpaired) electrons. The summed E-state index contributed by atoms with van der Waals surface area (Å²) in [5, 5.41) is 18.0. The van der Waals surface area contributed by atoms with Gasteiger partial charge in [-0.1, -0.05) is 12.1 Å². The van der Waals surface area contributed by atoms with Crippen molar-refractivity contribution in [1.29, 1.82) is 0 Å². The van der Waals surface area contributed by atoms with Crippen LogP contribution in [0.25, 0.3) is 21.1 Å². The molecule has 0 aliphatic rings. The van der Waals surface area contributed by atoms with E-state index in [1.165, 1.54) is 0 Å². The van der Waals surface area contributed by atoms with Crippen LogP contribution in [-0.4, -0.2) is 69.2 Å². The van der Waals surface area contributed by atoms with Gasteiger partial charge in [-0.3, -0.25) is 19.8 Å². The van der Waals surface area contributed by atoms with E-state index in [4.69, 9.17) is 0 Å². The number of rotatable bonds is 7. The Balaban J connectivity index is 1.33.